The molecule has 0 heterocycles. The average molecular weight is 187 g/mol. The summed E-state index contributed by atoms with van der Waals surface area (Å²) in [5.74, 6) is 0.286. The Balaban J connectivity index is 2.18. The Bertz CT molecular complexity index is 141. The van der Waals surface area contributed by atoms with E-state index in [4.69, 9.17) is 5.11 Å². The van der Waals surface area contributed by atoms with Crippen molar-refractivity contribution < 1.29 is 10.2 Å². The summed E-state index contributed by atoms with van der Waals surface area (Å²) < 4.78 is 0. The van der Waals surface area contributed by atoms with Crippen LogP contribution < -0.4 is 5.32 Å². The van der Waals surface area contributed by atoms with E-state index in [0.717, 1.165) is 25.8 Å². The highest BCUT2D eigenvalue weighted by Gasteiger charge is 2.22. The van der Waals surface area contributed by atoms with Gasteiger partial charge in [-0.05, 0) is 18.8 Å². The molecular formula is C10H21NO2. The highest BCUT2D eigenvalue weighted by Crippen LogP contribution is 2.18. The zero-order chi connectivity index (χ0) is 9.68. The molecule has 78 valence electrons. The van der Waals surface area contributed by atoms with E-state index in [0.29, 0.717) is 0 Å². The van der Waals surface area contributed by atoms with Crippen molar-refractivity contribution in [3.63, 3.8) is 0 Å². The predicted octanol–water partition coefficient (Wildman–Crippen LogP) is 0.508. The van der Waals surface area contributed by atoms with Gasteiger partial charge in [0.05, 0.1) is 6.10 Å². The first kappa shape index (κ1) is 11.0. The van der Waals surface area contributed by atoms with E-state index in [-0.39, 0.29) is 24.7 Å². The monoisotopic (exact) mass is 187 g/mol. The molecule has 0 amide bonds. The fraction of sp³-hybridized carbons (Fsp3) is 1.00. The fourth-order valence-electron chi connectivity index (χ4n) is 1.77. The smallest absolute Gasteiger partial charge is 0.0693 e. The molecule has 0 aromatic rings. The Morgan fingerprint density at radius 3 is 2.69 bits per heavy atom. The topological polar surface area (TPSA) is 52.5 Å². The Hall–Kier alpha value is -0.120. The van der Waals surface area contributed by atoms with Gasteiger partial charge in [0.15, 0.2) is 0 Å². The zero-order valence-corrected chi connectivity index (χ0v) is 8.37. The Labute approximate surface area is 80.2 Å². The standard InChI is InChI=1S/C10H21NO2/c1-8(7-12)6-11-9-4-2-3-5-10(9)13/h8-13H,2-7H2,1H3/t8?,9-,10-/m1/s1. The molecule has 1 aliphatic carbocycles. The van der Waals surface area contributed by atoms with Gasteiger partial charge in [0, 0.05) is 19.2 Å². The molecule has 1 rings (SSSR count). The van der Waals surface area contributed by atoms with Crippen LogP contribution in [0, 0.1) is 5.92 Å². The molecule has 0 radical (unpaired) electrons. The molecule has 13 heavy (non-hydrogen) atoms. The third-order valence-corrected chi connectivity index (χ3v) is 2.77. The van der Waals surface area contributed by atoms with E-state index in [9.17, 15) is 5.11 Å². The molecule has 0 aliphatic heterocycles. The highest BCUT2D eigenvalue weighted by atomic mass is 16.3. The second kappa shape index (κ2) is 5.58. The van der Waals surface area contributed by atoms with Crippen LogP contribution in [0.2, 0.25) is 0 Å². The molecule has 0 saturated heterocycles. The zero-order valence-electron chi connectivity index (χ0n) is 8.37. The van der Waals surface area contributed by atoms with Gasteiger partial charge in [-0.25, -0.2) is 0 Å². The molecule has 0 spiro atoms. The van der Waals surface area contributed by atoms with Crippen LogP contribution in [0.5, 0.6) is 0 Å². The summed E-state index contributed by atoms with van der Waals surface area (Å²) in [4.78, 5) is 0. The molecule has 1 unspecified atom stereocenters. The fourth-order valence-corrected chi connectivity index (χ4v) is 1.77. The van der Waals surface area contributed by atoms with E-state index in [1.54, 1.807) is 0 Å². The molecule has 0 aromatic heterocycles. The second-order valence-corrected chi connectivity index (χ2v) is 4.15. The average Bonchev–Trinajstić information content (AvgIpc) is 2.16. The highest BCUT2D eigenvalue weighted by molar-refractivity contribution is 4.80. The van der Waals surface area contributed by atoms with Crippen molar-refractivity contribution in [3.05, 3.63) is 0 Å². The van der Waals surface area contributed by atoms with Gasteiger partial charge in [0.25, 0.3) is 0 Å². The van der Waals surface area contributed by atoms with Crippen LogP contribution in [0.4, 0.5) is 0 Å². The number of aliphatic hydroxyl groups is 2. The van der Waals surface area contributed by atoms with Gasteiger partial charge >= 0.3 is 0 Å². The normalized spacial score (nSPS) is 31.6. The minimum absolute atomic E-state index is 0.181. The van der Waals surface area contributed by atoms with E-state index in [2.05, 4.69) is 5.32 Å². The Kier molecular flexibility index (Phi) is 4.70. The third kappa shape index (κ3) is 3.63. The molecule has 1 fully saturated rings. The summed E-state index contributed by atoms with van der Waals surface area (Å²) in [6.45, 7) is 3.02. The lowest BCUT2D eigenvalue weighted by molar-refractivity contribution is 0.0870. The van der Waals surface area contributed by atoms with Crippen molar-refractivity contribution in [2.45, 2.75) is 44.8 Å². The first-order valence-electron chi connectivity index (χ1n) is 5.26. The number of hydrogen-bond donors (Lipinski definition) is 3. The lowest BCUT2D eigenvalue weighted by Crippen LogP contribution is -2.44. The SMILES string of the molecule is CC(CO)CN[C@@H]1CCCC[C@H]1O. The number of aliphatic hydroxyl groups excluding tert-OH is 2. The first-order valence-corrected chi connectivity index (χ1v) is 5.26. The van der Waals surface area contributed by atoms with Crippen LogP contribution in [0.3, 0.4) is 0 Å². The minimum Gasteiger partial charge on any atom is -0.396 e. The largest absolute Gasteiger partial charge is 0.396 e. The first-order chi connectivity index (χ1) is 6.24. The van der Waals surface area contributed by atoms with Gasteiger partial charge in [-0.2, -0.15) is 0 Å². The van der Waals surface area contributed by atoms with Gasteiger partial charge in [0.2, 0.25) is 0 Å². The van der Waals surface area contributed by atoms with E-state index in [1.807, 2.05) is 6.92 Å². The maximum absolute atomic E-state index is 9.63. The van der Waals surface area contributed by atoms with Crippen LogP contribution >= 0.6 is 0 Å². The van der Waals surface area contributed by atoms with Crippen molar-refractivity contribution in [1.29, 1.82) is 0 Å². The summed E-state index contributed by atoms with van der Waals surface area (Å²) >= 11 is 0. The van der Waals surface area contributed by atoms with Gasteiger partial charge in [-0.3, -0.25) is 0 Å². The van der Waals surface area contributed by atoms with Crippen molar-refractivity contribution in [3.8, 4) is 0 Å². The summed E-state index contributed by atoms with van der Waals surface area (Å²) in [7, 11) is 0. The van der Waals surface area contributed by atoms with Gasteiger partial charge in [-0.15, -0.1) is 0 Å². The minimum atomic E-state index is -0.181. The van der Waals surface area contributed by atoms with Gasteiger partial charge < -0.3 is 15.5 Å². The quantitative estimate of drug-likeness (QED) is 0.601. The van der Waals surface area contributed by atoms with Crippen molar-refractivity contribution in [1.82, 2.24) is 5.32 Å². The summed E-state index contributed by atoms with van der Waals surface area (Å²) in [6, 6.07) is 0.253. The van der Waals surface area contributed by atoms with Gasteiger partial charge in [-0.1, -0.05) is 19.8 Å². The predicted molar refractivity (Wildman–Crippen MR) is 52.5 cm³/mol. The van der Waals surface area contributed by atoms with E-state index in [1.165, 1.54) is 6.42 Å². The van der Waals surface area contributed by atoms with Crippen LogP contribution in [-0.4, -0.2) is 35.5 Å². The Morgan fingerprint density at radius 2 is 2.08 bits per heavy atom. The molecule has 0 bridgehead atoms. The molecule has 1 aliphatic rings. The molecule has 3 atom stereocenters. The third-order valence-electron chi connectivity index (χ3n) is 2.77. The Morgan fingerprint density at radius 1 is 1.38 bits per heavy atom. The van der Waals surface area contributed by atoms with Crippen molar-refractivity contribution in [2.75, 3.05) is 13.2 Å². The van der Waals surface area contributed by atoms with Crippen LogP contribution in [-0.2, 0) is 0 Å². The van der Waals surface area contributed by atoms with Gasteiger partial charge in [0.1, 0.15) is 0 Å². The maximum Gasteiger partial charge on any atom is 0.0693 e. The molecule has 0 aromatic carbocycles. The van der Waals surface area contributed by atoms with Crippen molar-refractivity contribution in [2.24, 2.45) is 5.92 Å². The second-order valence-electron chi connectivity index (χ2n) is 4.15. The number of hydrogen-bond acceptors (Lipinski definition) is 3. The molecule has 1 saturated carbocycles. The molecular weight excluding hydrogens is 166 g/mol. The summed E-state index contributed by atoms with van der Waals surface area (Å²) in [5.41, 5.74) is 0. The van der Waals surface area contributed by atoms with E-state index >= 15 is 0 Å². The lowest BCUT2D eigenvalue weighted by atomic mass is 9.92. The molecule has 3 nitrogen and oxygen atoms in total. The summed E-state index contributed by atoms with van der Waals surface area (Å²) in [5, 5.41) is 21.8. The van der Waals surface area contributed by atoms with Crippen LogP contribution in [0.1, 0.15) is 32.6 Å². The van der Waals surface area contributed by atoms with Crippen LogP contribution in [0.25, 0.3) is 0 Å². The summed E-state index contributed by atoms with van der Waals surface area (Å²) in [6.07, 6.45) is 4.17. The number of nitrogens with one attached hydrogen (secondary N) is 1. The number of rotatable bonds is 4. The lowest BCUT2D eigenvalue weighted by Gasteiger charge is -2.29. The molecule has 3 N–H and O–H groups in total. The van der Waals surface area contributed by atoms with E-state index < -0.39 is 0 Å². The molecule has 3 heteroatoms. The van der Waals surface area contributed by atoms with Crippen LogP contribution in [0.15, 0.2) is 0 Å². The maximum atomic E-state index is 9.63. The van der Waals surface area contributed by atoms with Crippen molar-refractivity contribution >= 4 is 0 Å².